The van der Waals surface area contributed by atoms with Crippen molar-refractivity contribution in [2.75, 3.05) is 6.54 Å². The van der Waals surface area contributed by atoms with E-state index in [0.29, 0.717) is 0 Å². The molecule has 2 amide bonds. The van der Waals surface area contributed by atoms with Crippen molar-refractivity contribution in [2.45, 2.75) is 25.4 Å². The number of hydrogen-bond acceptors (Lipinski definition) is 4. The molecule has 118 valence electrons. The van der Waals surface area contributed by atoms with E-state index in [9.17, 15) is 27.2 Å². The Labute approximate surface area is 115 Å². The van der Waals surface area contributed by atoms with Crippen LogP contribution in [-0.2, 0) is 17.9 Å². The molecule has 0 radical (unpaired) electrons. The van der Waals surface area contributed by atoms with Gasteiger partial charge in [-0.1, -0.05) is 5.21 Å². The quantitative estimate of drug-likeness (QED) is 0.617. The van der Waals surface area contributed by atoms with E-state index in [4.69, 9.17) is 5.11 Å². The van der Waals surface area contributed by atoms with Crippen molar-refractivity contribution in [3.63, 3.8) is 0 Å². The number of carbonyl (C=O) groups excluding carboxylic acids is 1. The number of amides is 2. The van der Waals surface area contributed by atoms with E-state index in [0.717, 1.165) is 4.68 Å². The number of hydrogen-bond donors (Lipinski definition) is 3. The molecule has 0 unspecified atom stereocenters. The third kappa shape index (κ3) is 5.62. The summed E-state index contributed by atoms with van der Waals surface area (Å²) in [5.74, 6) is -5.46. The Kier molecular flexibility index (Phi) is 5.44. The molecular formula is C9H11F4N5O3. The molecule has 1 aromatic heterocycles. The highest BCUT2D eigenvalue weighted by molar-refractivity contribution is 5.73. The van der Waals surface area contributed by atoms with Gasteiger partial charge in [0.1, 0.15) is 12.2 Å². The van der Waals surface area contributed by atoms with E-state index in [2.05, 4.69) is 15.6 Å². The van der Waals surface area contributed by atoms with Gasteiger partial charge in [0.15, 0.2) is 0 Å². The summed E-state index contributed by atoms with van der Waals surface area (Å²) in [5.41, 5.74) is 0.173. The fourth-order valence-corrected chi connectivity index (χ4v) is 1.14. The largest absolute Gasteiger partial charge is 0.480 e. The van der Waals surface area contributed by atoms with E-state index in [1.165, 1.54) is 6.20 Å². The molecule has 0 aliphatic carbocycles. The lowest BCUT2D eigenvalue weighted by atomic mass is 10.3. The number of aliphatic carboxylic acids is 1. The summed E-state index contributed by atoms with van der Waals surface area (Å²) in [4.78, 5) is 21.5. The molecule has 0 bridgehead atoms. The number of rotatable bonds is 7. The number of carboxylic acids is 1. The Morgan fingerprint density at radius 2 is 2.05 bits per heavy atom. The van der Waals surface area contributed by atoms with E-state index in [1.807, 2.05) is 0 Å². The lowest BCUT2D eigenvalue weighted by molar-refractivity contribution is -0.137. The van der Waals surface area contributed by atoms with Crippen LogP contribution in [0, 0.1) is 0 Å². The number of urea groups is 1. The van der Waals surface area contributed by atoms with Gasteiger partial charge in [0.2, 0.25) is 0 Å². The lowest BCUT2D eigenvalue weighted by Crippen LogP contribution is -2.45. The zero-order chi connectivity index (χ0) is 16.0. The van der Waals surface area contributed by atoms with Crippen molar-refractivity contribution in [2.24, 2.45) is 0 Å². The van der Waals surface area contributed by atoms with Gasteiger partial charge < -0.3 is 15.7 Å². The van der Waals surface area contributed by atoms with Gasteiger partial charge in [0.25, 0.3) is 0 Å². The van der Waals surface area contributed by atoms with Gasteiger partial charge in [0, 0.05) is 0 Å². The minimum Gasteiger partial charge on any atom is -0.480 e. The second kappa shape index (κ2) is 6.85. The molecule has 21 heavy (non-hydrogen) atoms. The molecule has 0 atom stereocenters. The standard InChI is InChI=1S/C9H11F4N5O3/c10-7(11)9(12,13)4-15-8(21)14-1-5-2-18(17-16-5)3-6(19)20/h2,7H,1,3-4H2,(H,19,20)(H2,14,15,21). The van der Waals surface area contributed by atoms with Gasteiger partial charge in [-0.3, -0.25) is 4.79 Å². The number of aromatic nitrogens is 3. The molecule has 0 spiro atoms. The second-order valence-corrected chi connectivity index (χ2v) is 3.90. The number of nitrogens with zero attached hydrogens (tertiary/aromatic N) is 3. The van der Waals surface area contributed by atoms with Crippen LogP contribution in [-0.4, -0.2) is 51.0 Å². The molecular weight excluding hydrogens is 302 g/mol. The minimum absolute atomic E-state index is 0.173. The maximum atomic E-state index is 12.5. The molecule has 1 heterocycles. The number of halogens is 4. The van der Waals surface area contributed by atoms with Crippen LogP contribution >= 0.6 is 0 Å². The van der Waals surface area contributed by atoms with Gasteiger partial charge >= 0.3 is 24.3 Å². The normalized spacial score (nSPS) is 11.5. The number of carboxylic acid groups (broad SMARTS) is 1. The van der Waals surface area contributed by atoms with E-state index in [1.54, 1.807) is 5.32 Å². The topological polar surface area (TPSA) is 109 Å². The monoisotopic (exact) mass is 313 g/mol. The summed E-state index contributed by atoms with van der Waals surface area (Å²) in [6, 6.07) is -1.09. The maximum absolute atomic E-state index is 12.5. The first-order valence-corrected chi connectivity index (χ1v) is 5.49. The third-order valence-corrected chi connectivity index (χ3v) is 2.12. The molecule has 1 aromatic rings. The fourth-order valence-electron chi connectivity index (χ4n) is 1.14. The Morgan fingerprint density at radius 1 is 1.38 bits per heavy atom. The SMILES string of the molecule is O=C(O)Cn1cc(CNC(=O)NCC(F)(F)C(F)F)nn1. The number of carbonyl (C=O) groups is 2. The third-order valence-electron chi connectivity index (χ3n) is 2.12. The Hall–Kier alpha value is -2.40. The molecule has 0 saturated carbocycles. The van der Waals surface area contributed by atoms with Crippen LogP contribution in [0.2, 0.25) is 0 Å². The molecule has 8 nitrogen and oxygen atoms in total. The van der Waals surface area contributed by atoms with Gasteiger partial charge in [0.05, 0.1) is 19.3 Å². The highest BCUT2D eigenvalue weighted by Gasteiger charge is 2.40. The predicted molar refractivity (Wildman–Crippen MR) is 58.8 cm³/mol. The van der Waals surface area contributed by atoms with Crippen LogP contribution in [0.3, 0.4) is 0 Å². The predicted octanol–water partition coefficient (Wildman–Crippen LogP) is 0.0623. The zero-order valence-corrected chi connectivity index (χ0v) is 10.4. The molecule has 0 aliphatic heterocycles. The summed E-state index contributed by atoms with van der Waals surface area (Å²) in [6.45, 7) is -2.17. The smallest absolute Gasteiger partial charge is 0.325 e. The Bertz CT molecular complexity index is 507. The molecule has 0 fully saturated rings. The first-order chi connectivity index (χ1) is 9.70. The number of alkyl halides is 4. The molecule has 0 aromatic carbocycles. The first-order valence-electron chi connectivity index (χ1n) is 5.49. The van der Waals surface area contributed by atoms with Gasteiger partial charge in [-0.2, -0.15) is 8.78 Å². The van der Waals surface area contributed by atoms with Gasteiger partial charge in [-0.15, -0.1) is 5.10 Å². The van der Waals surface area contributed by atoms with Crippen molar-refractivity contribution < 1.29 is 32.3 Å². The molecule has 3 N–H and O–H groups in total. The first kappa shape index (κ1) is 16.7. The zero-order valence-electron chi connectivity index (χ0n) is 10.4. The van der Waals surface area contributed by atoms with Crippen molar-refractivity contribution in [3.8, 4) is 0 Å². The highest BCUT2D eigenvalue weighted by Crippen LogP contribution is 2.21. The van der Waals surface area contributed by atoms with Crippen molar-refractivity contribution in [1.82, 2.24) is 25.6 Å². The average molecular weight is 313 g/mol. The van der Waals surface area contributed by atoms with Crippen molar-refractivity contribution in [1.29, 1.82) is 0 Å². The van der Waals surface area contributed by atoms with Crippen LogP contribution in [0.15, 0.2) is 6.20 Å². The molecule has 1 rings (SSSR count). The maximum Gasteiger partial charge on any atom is 0.325 e. The van der Waals surface area contributed by atoms with Crippen LogP contribution in [0.1, 0.15) is 5.69 Å². The van der Waals surface area contributed by atoms with Crippen LogP contribution in [0.25, 0.3) is 0 Å². The summed E-state index contributed by atoms with van der Waals surface area (Å²) < 4.78 is 49.7. The fraction of sp³-hybridized carbons (Fsp3) is 0.556. The van der Waals surface area contributed by atoms with Crippen LogP contribution in [0.4, 0.5) is 22.4 Å². The summed E-state index contributed by atoms with van der Waals surface area (Å²) in [6.07, 6.45) is -2.66. The second-order valence-electron chi connectivity index (χ2n) is 3.90. The van der Waals surface area contributed by atoms with Crippen LogP contribution in [0.5, 0.6) is 0 Å². The molecule has 12 heteroatoms. The number of nitrogens with one attached hydrogen (secondary N) is 2. The van der Waals surface area contributed by atoms with E-state index >= 15 is 0 Å². The molecule has 0 aliphatic rings. The summed E-state index contributed by atoms with van der Waals surface area (Å²) >= 11 is 0. The van der Waals surface area contributed by atoms with Gasteiger partial charge in [-0.25, -0.2) is 18.3 Å². The average Bonchev–Trinajstić information content (AvgIpc) is 2.80. The highest BCUT2D eigenvalue weighted by atomic mass is 19.3. The van der Waals surface area contributed by atoms with E-state index < -0.39 is 37.4 Å². The summed E-state index contributed by atoms with van der Waals surface area (Å²) in [5, 5.41) is 19.1. The Morgan fingerprint density at radius 3 is 2.62 bits per heavy atom. The minimum atomic E-state index is -4.32. The lowest BCUT2D eigenvalue weighted by Gasteiger charge is -2.15. The van der Waals surface area contributed by atoms with Gasteiger partial charge in [-0.05, 0) is 0 Å². The van der Waals surface area contributed by atoms with Crippen molar-refractivity contribution in [3.05, 3.63) is 11.9 Å². The van der Waals surface area contributed by atoms with E-state index in [-0.39, 0.29) is 12.2 Å². The van der Waals surface area contributed by atoms with Crippen molar-refractivity contribution >= 4 is 12.0 Å². The molecule has 0 saturated heterocycles. The summed E-state index contributed by atoms with van der Waals surface area (Å²) in [7, 11) is 0. The van der Waals surface area contributed by atoms with Crippen LogP contribution < -0.4 is 10.6 Å². The Balaban J connectivity index is 2.36.